The molecule has 4 unspecified atom stereocenters. The third kappa shape index (κ3) is 6.44. The second-order valence-electron chi connectivity index (χ2n) is 15.0. The second-order valence-corrected chi connectivity index (χ2v) is 15.0. The van der Waals surface area contributed by atoms with Crippen LogP contribution in [0.25, 0.3) is 0 Å². The molecular weight excluding hydrogens is 454 g/mol. The summed E-state index contributed by atoms with van der Waals surface area (Å²) in [5, 5.41) is 19.1. The highest BCUT2D eigenvalue weighted by Crippen LogP contribution is 2.68. The summed E-state index contributed by atoms with van der Waals surface area (Å²) in [5.41, 5.74) is 6.48. The Labute approximate surface area is 230 Å². The van der Waals surface area contributed by atoms with Crippen LogP contribution in [0.1, 0.15) is 118 Å². The molecule has 37 heavy (non-hydrogen) atoms. The van der Waals surface area contributed by atoms with Gasteiger partial charge in [-0.15, -0.1) is 0 Å². The average Bonchev–Trinajstić information content (AvgIpc) is 3.21. The van der Waals surface area contributed by atoms with Crippen LogP contribution in [-0.2, 0) is 0 Å². The predicted molar refractivity (Wildman–Crippen MR) is 157 cm³/mol. The monoisotopic (exact) mass is 517 g/mol. The molecule has 0 heterocycles. The van der Waals surface area contributed by atoms with E-state index in [1.807, 2.05) is 0 Å². The summed E-state index contributed by atoms with van der Waals surface area (Å²) in [4.78, 5) is 0. The number of aliphatic hydroxyl groups is 1. The zero-order valence-corrected chi connectivity index (χ0v) is 25.2. The van der Waals surface area contributed by atoms with E-state index in [2.05, 4.69) is 45.3 Å². The molecule has 10 atom stereocenters. The van der Waals surface area contributed by atoms with Crippen molar-refractivity contribution in [3.8, 4) is 0 Å². The zero-order valence-electron chi connectivity index (χ0n) is 25.2. The molecule has 4 aliphatic rings. The number of nitrogens with one attached hydrogen (secondary N) is 2. The summed E-state index contributed by atoms with van der Waals surface area (Å²) in [7, 11) is 0. The first kappa shape index (κ1) is 29.8. The molecule has 4 nitrogen and oxygen atoms in total. The van der Waals surface area contributed by atoms with Gasteiger partial charge in [0, 0.05) is 6.04 Å². The summed E-state index contributed by atoms with van der Waals surface area (Å²) in [6.07, 6.45) is 16.9. The molecule has 0 saturated heterocycles. The maximum Gasteiger partial charge on any atom is 0.0577 e. The van der Waals surface area contributed by atoms with Gasteiger partial charge in [-0.05, 0) is 143 Å². The van der Waals surface area contributed by atoms with Gasteiger partial charge < -0.3 is 21.5 Å². The third-order valence-electron chi connectivity index (χ3n) is 12.4. The molecule has 0 aromatic rings. The zero-order chi connectivity index (χ0) is 26.6. The van der Waals surface area contributed by atoms with Crippen LogP contribution in [0.2, 0.25) is 0 Å². The van der Waals surface area contributed by atoms with Gasteiger partial charge in [-0.2, -0.15) is 0 Å². The Hall–Kier alpha value is -0.160. The molecule has 216 valence electrons. The molecule has 0 spiro atoms. The first-order chi connectivity index (χ1) is 17.7. The Morgan fingerprint density at radius 2 is 1.57 bits per heavy atom. The van der Waals surface area contributed by atoms with Crippen LogP contribution in [0.15, 0.2) is 0 Å². The SMILES string of the molecule is CC(C)CCC[C@@H](C)[C@H]1CCC2C3C(O)C[C@H]4C[C@H](NCCCNCCCN)CC[C@]4(C)C3CC[C@@]21C. The van der Waals surface area contributed by atoms with Crippen molar-refractivity contribution in [2.24, 2.45) is 58.0 Å². The quantitative estimate of drug-likeness (QED) is 0.214. The Morgan fingerprint density at radius 3 is 2.32 bits per heavy atom. The molecule has 5 N–H and O–H groups in total. The van der Waals surface area contributed by atoms with Gasteiger partial charge in [0.25, 0.3) is 0 Å². The smallest absolute Gasteiger partial charge is 0.0577 e. The first-order valence-corrected chi connectivity index (χ1v) is 16.5. The average molecular weight is 518 g/mol. The molecule has 4 rings (SSSR count). The molecule has 0 aliphatic heterocycles. The van der Waals surface area contributed by atoms with Crippen molar-refractivity contribution >= 4 is 0 Å². The minimum atomic E-state index is -0.0757. The van der Waals surface area contributed by atoms with E-state index in [0.29, 0.717) is 28.7 Å². The van der Waals surface area contributed by atoms with E-state index in [-0.39, 0.29) is 6.10 Å². The van der Waals surface area contributed by atoms with E-state index in [9.17, 15) is 5.11 Å². The standard InChI is InChI=1S/C33H63N3O/c1-23(2)9-6-10-24(3)27-11-12-28-31-29(14-16-33(27,28)5)32(4)15-13-26(21-25(32)22-30(31)37)36-20-8-19-35-18-7-17-34/h23-31,35-37H,6-22,34H2,1-5H3/t24-,25-,26-,27-,28?,29?,30?,31?,32+,33-/m1/s1. The van der Waals surface area contributed by atoms with Gasteiger partial charge in [0.1, 0.15) is 0 Å². The fourth-order valence-electron chi connectivity index (χ4n) is 10.3. The number of hydrogen-bond acceptors (Lipinski definition) is 4. The first-order valence-electron chi connectivity index (χ1n) is 16.5. The minimum Gasteiger partial charge on any atom is -0.393 e. The molecule has 4 heteroatoms. The Morgan fingerprint density at radius 1 is 0.838 bits per heavy atom. The molecular formula is C33H63N3O. The van der Waals surface area contributed by atoms with Crippen molar-refractivity contribution in [1.82, 2.24) is 10.6 Å². The molecule has 4 saturated carbocycles. The predicted octanol–water partition coefficient (Wildman–Crippen LogP) is 6.37. The maximum absolute atomic E-state index is 11.7. The van der Waals surface area contributed by atoms with Crippen molar-refractivity contribution in [1.29, 1.82) is 0 Å². The molecule has 0 aromatic carbocycles. The van der Waals surface area contributed by atoms with E-state index in [1.165, 1.54) is 70.6 Å². The summed E-state index contributed by atoms with van der Waals surface area (Å²) in [5.74, 6) is 5.27. The van der Waals surface area contributed by atoms with Gasteiger partial charge in [-0.3, -0.25) is 0 Å². The van der Waals surface area contributed by atoms with Gasteiger partial charge in [-0.25, -0.2) is 0 Å². The van der Waals surface area contributed by atoms with E-state index in [0.717, 1.165) is 68.6 Å². The summed E-state index contributed by atoms with van der Waals surface area (Å²) in [6, 6.07) is 0.641. The van der Waals surface area contributed by atoms with Crippen LogP contribution >= 0.6 is 0 Å². The Balaban J connectivity index is 1.33. The van der Waals surface area contributed by atoms with Crippen LogP contribution in [0.4, 0.5) is 0 Å². The lowest BCUT2D eigenvalue weighted by Gasteiger charge is -2.62. The lowest BCUT2D eigenvalue weighted by atomic mass is 9.43. The highest BCUT2D eigenvalue weighted by Gasteiger charge is 2.62. The maximum atomic E-state index is 11.7. The van der Waals surface area contributed by atoms with Crippen LogP contribution in [0, 0.1) is 52.3 Å². The summed E-state index contributed by atoms with van der Waals surface area (Å²) in [6.45, 7) is 16.6. The molecule has 0 radical (unpaired) electrons. The Kier molecular flexibility index (Phi) is 10.5. The summed E-state index contributed by atoms with van der Waals surface area (Å²) < 4.78 is 0. The van der Waals surface area contributed by atoms with Crippen molar-refractivity contribution in [2.75, 3.05) is 26.2 Å². The lowest BCUT2D eigenvalue weighted by Crippen LogP contribution is -2.59. The van der Waals surface area contributed by atoms with Crippen molar-refractivity contribution in [3.05, 3.63) is 0 Å². The largest absolute Gasteiger partial charge is 0.393 e. The number of hydrogen-bond donors (Lipinski definition) is 4. The van der Waals surface area contributed by atoms with Gasteiger partial charge >= 0.3 is 0 Å². The minimum absolute atomic E-state index is 0.0757. The van der Waals surface area contributed by atoms with Gasteiger partial charge in [0.15, 0.2) is 0 Å². The van der Waals surface area contributed by atoms with Crippen LogP contribution in [0.5, 0.6) is 0 Å². The fourth-order valence-corrected chi connectivity index (χ4v) is 10.3. The fraction of sp³-hybridized carbons (Fsp3) is 1.00. The molecule has 0 aromatic heterocycles. The summed E-state index contributed by atoms with van der Waals surface area (Å²) >= 11 is 0. The number of fused-ring (bicyclic) bond motifs is 5. The normalized spacial score (nSPS) is 42.3. The van der Waals surface area contributed by atoms with Crippen LogP contribution < -0.4 is 16.4 Å². The molecule has 0 bridgehead atoms. The number of aliphatic hydroxyl groups excluding tert-OH is 1. The van der Waals surface area contributed by atoms with Crippen LogP contribution in [-0.4, -0.2) is 43.4 Å². The van der Waals surface area contributed by atoms with Gasteiger partial charge in [-0.1, -0.05) is 53.9 Å². The Bertz CT molecular complexity index is 699. The third-order valence-corrected chi connectivity index (χ3v) is 12.4. The highest BCUT2D eigenvalue weighted by molar-refractivity contribution is 5.12. The number of rotatable bonds is 13. The van der Waals surface area contributed by atoms with E-state index in [4.69, 9.17) is 5.73 Å². The van der Waals surface area contributed by atoms with E-state index < -0.39 is 0 Å². The van der Waals surface area contributed by atoms with Gasteiger partial charge in [0.2, 0.25) is 0 Å². The molecule has 4 fully saturated rings. The molecule has 0 amide bonds. The van der Waals surface area contributed by atoms with Crippen molar-refractivity contribution < 1.29 is 5.11 Å². The molecule has 4 aliphatic carbocycles. The topological polar surface area (TPSA) is 70.3 Å². The van der Waals surface area contributed by atoms with Gasteiger partial charge in [0.05, 0.1) is 6.10 Å². The second kappa shape index (κ2) is 13.0. The lowest BCUT2D eigenvalue weighted by molar-refractivity contribution is -0.167. The van der Waals surface area contributed by atoms with E-state index >= 15 is 0 Å². The van der Waals surface area contributed by atoms with Crippen molar-refractivity contribution in [2.45, 2.75) is 130 Å². The van der Waals surface area contributed by atoms with E-state index in [1.54, 1.807) is 0 Å². The van der Waals surface area contributed by atoms with Crippen LogP contribution in [0.3, 0.4) is 0 Å². The number of nitrogens with two attached hydrogens (primary N) is 1. The highest BCUT2D eigenvalue weighted by atomic mass is 16.3. The van der Waals surface area contributed by atoms with Crippen molar-refractivity contribution in [3.63, 3.8) is 0 Å².